The van der Waals surface area contributed by atoms with Gasteiger partial charge in [-0.3, -0.25) is 9.69 Å². The third-order valence-electron chi connectivity index (χ3n) is 3.24. The molecule has 0 aromatic rings. The Morgan fingerprint density at radius 3 is 2.75 bits per heavy atom. The van der Waals surface area contributed by atoms with Crippen LogP contribution in [0.15, 0.2) is 0 Å². The first kappa shape index (κ1) is 13.4. The average Bonchev–Trinajstić information content (AvgIpc) is 2.20. The van der Waals surface area contributed by atoms with Gasteiger partial charge in [0.2, 0.25) is 0 Å². The molecule has 16 heavy (non-hydrogen) atoms. The monoisotopic (exact) mass is 230 g/mol. The maximum absolute atomic E-state index is 10.7. The van der Waals surface area contributed by atoms with Gasteiger partial charge in [0, 0.05) is 38.8 Å². The quantitative estimate of drug-likeness (QED) is 0.726. The number of nitrogens with zero attached hydrogens (tertiary/aromatic N) is 2. The van der Waals surface area contributed by atoms with E-state index in [2.05, 4.69) is 16.7 Å². The molecule has 0 amide bonds. The summed E-state index contributed by atoms with van der Waals surface area (Å²) in [5, 5.41) is 8.84. The zero-order chi connectivity index (χ0) is 12.1. The van der Waals surface area contributed by atoms with E-state index in [0.717, 1.165) is 19.6 Å². The first-order chi connectivity index (χ1) is 7.54. The van der Waals surface area contributed by atoms with Crippen LogP contribution in [0.3, 0.4) is 0 Å². The molecular weight excluding hydrogens is 208 g/mol. The van der Waals surface area contributed by atoms with Crippen LogP contribution in [0.1, 0.15) is 13.3 Å². The highest BCUT2D eigenvalue weighted by atomic mass is 16.5. The Balaban J connectivity index is 2.50. The largest absolute Gasteiger partial charge is 0.481 e. The summed E-state index contributed by atoms with van der Waals surface area (Å²) in [4.78, 5) is 15.2. The second-order valence-corrected chi connectivity index (χ2v) is 4.53. The Kier molecular flexibility index (Phi) is 5.18. The summed E-state index contributed by atoms with van der Waals surface area (Å²) in [6.07, 6.45) is 0.215. The normalized spacial score (nSPS) is 28.2. The predicted molar refractivity (Wildman–Crippen MR) is 61.6 cm³/mol. The van der Waals surface area contributed by atoms with Crippen molar-refractivity contribution in [2.45, 2.75) is 25.4 Å². The number of aliphatic carboxylic acids is 1. The first-order valence-electron chi connectivity index (χ1n) is 5.69. The summed E-state index contributed by atoms with van der Waals surface area (Å²) >= 11 is 0. The molecule has 1 N–H and O–H groups in total. The minimum Gasteiger partial charge on any atom is -0.481 e. The van der Waals surface area contributed by atoms with Gasteiger partial charge in [-0.25, -0.2) is 0 Å². The molecule has 0 saturated carbocycles. The summed E-state index contributed by atoms with van der Waals surface area (Å²) in [6, 6.07) is 0.579. The smallest absolute Gasteiger partial charge is 0.304 e. The lowest BCUT2D eigenvalue weighted by Gasteiger charge is -2.43. The van der Waals surface area contributed by atoms with Gasteiger partial charge in [-0.15, -0.1) is 0 Å². The molecule has 2 atom stereocenters. The third-order valence-corrected chi connectivity index (χ3v) is 3.24. The van der Waals surface area contributed by atoms with E-state index in [1.54, 1.807) is 7.11 Å². The van der Waals surface area contributed by atoms with Crippen molar-refractivity contribution >= 4 is 5.97 Å². The summed E-state index contributed by atoms with van der Waals surface area (Å²) in [5.41, 5.74) is 0. The maximum Gasteiger partial charge on any atom is 0.304 e. The van der Waals surface area contributed by atoms with Gasteiger partial charge < -0.3 is 14.7 Å². The predicted octanol–water partition coefficient (Wildman–Crippen LogP) is 0.112. The number of carboxylic acids is 1. The van der Waals surface area contributed by atoms with Crippen molar-refractivity contribution in [3.63, 3.8) is 0 Å². The van der Waals surface area contributed by atoms with Crippen LogP contribution >= 0.6 is 0 Å². The third kappa shape index (κ3) is 3.73. The highest BCUT2D eigenvalue weighted by Crippen LogP contribution is 2.15. The molecule has 0 radical (unpaired) electrons. The molecule has 1 heterocycles. The Hall–Kier alpha value is -0.650. The van der Waals surface area contributed by atoms with Crippen LogP contribution in [-0.2, 0) is 9.53 Å². The minimum absolute atomic E-state index is 0.116. The van der Waals surface area contributed by atoms with Crippen LogP contribution < -0.4 is 0 Å². The molecule has 1 fully saturated rings. The molecule has 1 saturated heterocycles. The molecule has 0 aliphatic carbocycles. The van der Waals surface area contributed by atoms with Gasteiger partial charge in [-0.2, -0.15) is 0 Å². The topological polar surface area (TPSA) is 53.0 Å². The van der Waals surface area contributed by atoms with Crippen molar-refractivity contribution in [3.05, 3.63) is 0 Å². The lowest BCUT2D eigenvalue weighted by Crippen LogP contribution is -2.56. The Bertz CT molecular complexity index is 235. The Labute approximate surface area is 97.0 Å². The van der Waals surface area contributed by atoms with Crippen molar-refractivity contribution < 1.29 is 14.6 Å². The number of ether oxygens (including phenoxy) is 1. The molecule has 0 bridgehead atoms. The zero-order valence-corrected chi connectivity index (χ0v) is 10.3. The number of piperazine rings is 1. The summed E-state index contributed by atoms with van der Waals surface area (Å²) < 4.78 is 5.06. The zero-order valence-electron chi connectivity index (χ0n) is 10.3. The lowest BCUT2D eigenvalue weighted by atomic mass is 10.1. The van der Waals surface area contributed by atoms with Gasteiger partial charge in [0.05, 0.1) is 13.0 Å². The summed E-state index contributed by atoms with van der Waals surface area (Å²) in [5.74, 6) is -0.724. The second kappa shape index (κ2) is 6.18. The number of carboxylic acid groups (broad SMARTS) is 1. The van der Waals surface area contributed by atoms with E-state index in [1.807, 2.05) is 7.05 Å². The molecule has 1 rings (SSSR count). The molecule has 2 unspecified atom stereocenters. The number of methoxy groups -OCH3 is 1. The number of likely N-dealkylation sites (N-methyl/N-ethyl adjacent to an activating group) is 1. The molecule has 5 heteroatoms. The van der Waals surface area contributed by atoms with Gasteiger partial charge in [-0.1, -0.05) is 0 Å². The van der Waals surface area contributed by atoms with Crippen molar-refractivity contribution in [3.8, 4) is 0 Å². The maximum atomic E-state index is 10.7. The van der Waals surface area contributed by atoms with E-state index >= 15 is 0 Å². The van der Waals surface area contributed by atoms with E-state index in [0.29, 0.717) is 12.6 Å². The number of carbonyl (C=O) groups is 1. The lowest BCUT2D eigenvalue weighted by molar-refractivity contribution is -0.139. The first-order valence-corrected chi connectivity index (χ1v) is 5.69. The molecule has 1 aliphatic heterocycles. The molecule has 0 aromatic carbocycles. The fraction of sp³-hybridized carbons (Fsp3) is 0.909. The number of hydrogen-bond donors (Lipinski definition) is 1. The fourth-order valence-corrected chi connectivity index (χ4v) is 2.21. The molecule has 0 aromatic heterocycles. The highest BCUT2D eigenvalue weighted by Gasteiger charge is 2.30. The number of rotatable bonds is 5. The van der Waals surface area contributed by atoms with E-state index in [9.17, 15) is 4.79 Å². The second-order valence-electron chi connectivity index (χ2n) is 4.53. The molecule has 5 nitrogen and oxygen atoms in total. The Morgan fingerprint density at radius 2 is 2.19 bits per heavy atom. The summed E-state index contributed by atoms with van der Waals surface area (Å²) in [6.45, 7) is 5.48. The standard InChI is InChI=1S/C11H22N2O3/c1-9-7-12(2)10(6-11(14)15)8-13(9)4-5-16-3/h9-10H,4-8H2,1-3H3,(H,14,15). The van der Waals surface area contributed by atoms with E-state index in [-0.39, 0.29) is 12.5 Å². The van der Waals surface area contributed by atoms with Crippen LogP contribution in [0.25, 0.3) is 0 Å². The van der Waals surface area contributed by atoms with Crippen LogP contribution in [0.2, 0.25) is 0 Å². The summed E-state index contributed by atoms with van der Waals surface area (Å²) in [7, 11) is 3.69. The van der Waals surface area contributed by atoms with E-state index < -0.39 is 5.97 Å². The van der Waals surface area contributed by atoms with E-state index in [1.165, 1.54) is 0 Å². The van der Waals surface area contributed by atoms with Crippen molar-refractivity contribution in [1.82, 2.24) is 9.80 Å². The minimum atomic E-state index is -0.724. The SMILES string of the molecule is COCCN1CC(CC(=O)O)N(C)CC1C. The fourth-order valence-electron chi connectivity index (χ4n) is 2.21. The molecule has 1 aliphatic rings. The van der Waals surface area contributed by atoms with Gasteiger partial charge in [0.1, 0.15) is 0 Å². The number of hydrogen-bond acceptors (Lipinski definition) is 4. The molecule has 0 spiro atoms. The van der Waals surface area contributed by atoms with E-state index in [4.69, 9.17) is 9.84 Å². The van der Waals surface area contributed by atoms with Gasteiger partial charge in [-0.05, 0) is 14.0 Å². The van der Waals surface area contributed by atoms with Crippen molar-refractivity contribution in [2.24, 2.45) is 0 Å². The molecule has 94 valence electrons. The van der Waals surface area contributed by atoms with Gasteiger partial charge >= 0.3 is 5.97 Å². The van der Waals surface area contributed by atoms with Crippen molar-refractivity contribution in [2.75, 3.05) is 40.4 Å². The van der Waals surface area contributed by atoms with Crippen LogP contribution in [0.5, 0.6) is 0 Å². The Morgan fingerprint density at radius 1 is 1.50 bits per heavy atom. The highest BCUT2D eigenvalue weighted by molar-refractivity contribution is 5.67. The van der Waals surface area contributed by atoms with Crippen LogP contribution in [0.4, 0.5) is 0 Å². The average molecular weight is 230 g/mol. The van der Waals surface area contributed by atoms with Gasteiger partial charge in [0.25, 0.3) is 0 Å². The van der Waals surface area contributed by atoms with Crippen LogP contribution in [-0.4, -0.2) is 73.4 Å². The van der Waals surface area contributed by atoms with Crippen molar-refractivity contribution in [1.29, 1.82) is 0 Å². The van der Waals surface area contributed by atoms with Crippen LogP contribution in [0, 0.1) is 0 Å². The van der Waals surface area contributed by atoms with Gasteiger partial charge in [0.15, 0.2) is 0 Å². The molecular formula is C11H22N2O3.